The summed E-state index contributed by atoms with van der Waals surface area (Å²) < 4.78 is 44.6. The fourth-order valence-corrected chi connectivity index (χ4v) is 3.47. The normalized spacial score (nSPS) is 17.2. The van der Waals surface area contributed by atoms with Gasteiger partial charge in [-0.1, -0.05) is 25.1 Å². The number of benzene rings is 2. The average molecular weight is 377 g/mol. The van der Waals surface area contributed by atoms with Crippen LogP contribution in [-0.2, 0) is 12.8 Å². The van der Waals surface area contributed by atoms with Crippen LogP contribution in [0, 0.1) is 0 Å². The summed E-state index contributed by atoms with van der Waals surface area (Å²) in [5.41, 5.74) is -0.0529. The van der Waals surface area contributed by atoms with Crippen LogP contribution < -0.4 is 4.74 Å². The zero-order chi connectivity index (χ0) is 19.4. The first kappa shape index (κ1) is 19.3. The molecule has 0 aliphatic carbocycles. The molecule has 1 saturated heterocycles. The number of hydrogen-bond acceptors (Lipinski definition) is 2. The highest BCUT2D eigenvalue weighted by molar-refractivity contribution is 5.94. The molecule has 3 nitrogen and oxygen atoms in total. The maximum absolute atomic E-state index is 13.0. The standard InChI is InChI=1S/C21H22F3NO2/c1-2-17-7-5-13-25(17)20(26)15-9-11-18(12-10-15)27-14-16-6-3-4-8-19(16)21(22,23)24/h3-4,6,8-12,17H,2,5,7,13-14H2,1H3. The minimum atomic E-state index is -4.41. The maximum atomic E-state index is 13.0. The Morgan fingerprint density at radius 2 is 1.85 bits per heavy atom. The van der Waals surface area contributed by atoms with E-state index in [2.05, 4.69) is 6.92 Å². The van der Waals surface area contributed by atoms with E-state index in [0.29, 0.717) is 11.3 Å². The Labute approximate surface area is 156 Å². The van der Waals surface area contributed by atoms with E-state index in [4.69, 9.17) is 4.74 Å². The van der Waals surface area contributed by atoms with Gasteiger partial charge in [0.1, 0.15) is 12.4 Å². The molecule has 0 N–H and O–H groups in total. The smallest absolute Gasteiger partial charge is 0.416 e. The number of likely N-dealkylation sites (tertiary alicyclic amines) is 1. The molecule has 2 aromatic carbocycles. The first-order valence-corrected chi connectivity index (χ1v) is 9.09. The van der Waals surface area contributed by atoms with Crippen molar-refractivity contribution in [2.45, 2.75) is 45.0 Å². The highest BCUT2D eigenvalue weighted by atomic mass is 19.4. The Balaban J connectivity index is 1.66. The van der Waals surface area contributed by atoms with Crippen molar-refractivity contribution in [3.8, 4) is 5.75 Å². The molecule has 6 heteroatoms. The Morgan fingerprint density at radius 1 is 1.15 bits per heavy atom. The first-order valence-electron chi connectivity index (χ1n) is 9.09. The van der Waals surface area contributed by atoms with Crippen LogP contribution in [0.1, 0.15) is 47.7 Å². The highest BCUT2D eigenvalue weighted by Crippen LogP contribution is 2.32. The molecule has 27 heavy (non-hydrogen) atoms. The van der Waals surface area contributed by atoms with Gasteiger partial charge in [0.2, 0.25) is 0 Å². The lowest BCUT2D eigenvalue weighted by Crippen LogP contribution is -2.35. The van der Waals surface area contributed by atoms with Gasteiger partial charge in [0, 0.05) is 23.7 Å². The molecule has 0 aromatic heterocycles. The highest BCUT2D eigenvalue weighted by Gasteiger charge is 2.33. The van der Waals surface area contributed by atoms with Gasteiger partial charge in [-0.2, -0.15) is 13.2 Å². The van der Waals surface area contributed by atoms with Crippen LogP contribution >= 0.6 is 0 Å². The third kappa shape index (κ3) is 4.43. The number of amides is 1. The summed E-state index contributed by atoms with van der Waals surface area (Å²) >= 11 is 0. The lowest BCUT2D eigenvalue weighted by molar-refractivity contribution is -0.138. The van der Waals surface area contributed by atoms with Crippen LogP contribution in [0.15, 0.2) is 48.5 Å². The Morgan fingerprint density at radius 3 is 2.52 bits per heavy atom. The van der Waals surface area contributed by atoms with E-state index in [9.17, 15) is 18.0 Å². The van der Waals surface area contributed by atoms with Crippen molar-refractivity contribution in [1.29, 1.82) is 0 Å². The van der Waals surface area contributed by atoms with Gasteiger partial charge in [0.25, 0.3) is 5.91 Å². The van der Waals surface area contributed by atoms with E-state index in [-0.39, 0.29) is 24.1 Å². The number of halogens is 3. The predicted octanol–water partition coefficient (Wildman–Crippen LogP) is 5.30. The van der Waals surface area contributed by atoms with Crippen LogP contribution in [0.5, 0.6) is 5.75 Å². The monoisotopic (exact) mass is 377 g/mol. The molecular weight excluding hydrogens is 355 g/mol. The van der Waals surface area contributed by atoms with E-state index < -0.39 is 11.7 Å². The van der Waals surface area contributed by atoms with Crippen molar-refractivity contribution < 1.29 is 22.7 Å². The van der Waals surface area contributed by atoms with Crippen LogP contribution in [0.3, 0.4) is 0 Å². The Bertz CT molecular complexity index is 787. The molecular formula is C21H22F3NO2. The molecule has 1 atom stereocenters. The van der Waals surface area contributed by atoms with Crippen LogP contribution in [0.2, 0.25) is 0 Å². The van der Waals surface area contributed by atoms with Gasteiger partial charge < -0.3 is 9.64 Å². The molecule has 1 aliphatic rings. The summed E-state index contributed by atoms with van der Waals surface area (Å²) in [7, 11) is 0. The Hall–Kier alpha value is -2.50. The molecule has 2 aromatic rings. The fraction of sp³-hybridized carbons (Fsp3) is 0.381. The largest absolute Gasteiger partial charge is 0.489 e. The van der Waals surface area contributed by atoms with E-state index in [1.54, 1.807) is 30.3 Å². The topological polar surface area (TPSA) is 29.5 Å². The van der Waals surface area contributed by atoms with Crippen molar-refractivity contribution in [3.63, 3.8) is 0 Å². The molecule has 144 valence electrons. The van der Waals surface area contributed by atoms with Crippen molar-refractivity contribution in [1.82, 2.24) is 4.90 Å². The summed E-state index contributed by atoms with van der Waals surface area (Å²) in [6, 6.07) is 12.2. The van der Waals surface area contributed by atoms with Gasteiger partial charge in [-0.3, -0.25) is 4.79 Å². The van der Waals surface area contributed by atoms with Crippen LogP contribution in [-0.4, -0.2) is 23.4 Å². The lowest BCUT2D eigenvalue weighted by Gasteiger charge is -2.23. The zero-order valence-electron chi connectivity index (χ0n) is 15.1. The summed E-state index contributed by atoms with van der Waals surface area (Å²) in [5.74, 6) is 0.422. The minimum absolute atomic E-state index is 0.00619. The molecule has 0 saturated carbocycles. The molecule has 0 radical (unpaired) electrons. The van der Waals surface area contributed by atoms with Gasteiger partial charge in [0.05, 0.1) is 5.56 Å². The number of hydrogen-bond donors (Lipinski definition) is 0. The van der Waals surface area contributed by atoms with Crippen molar-refractivity contribution in [2.75, 3.05) is 6.54 Å². The van der Waals surface area contributed by atoms with Gasteiger partial charge in [0.15, 0.2) is 0 Å². The number of rotatable bonds is 5. The van der Waals surface area contributed by atoms with E-state index >= 15 is 0 Å². The van der Waals surface area contributed by atoms with Crippen molar-refractivity contribution in [3.05, 3.63) is 65.2 Å². The fourth-order valence-electron chi connectivity index (χ4n) is 3.47. The van der Waals surface area contributed by atoms with Gasteiger partial charge in [-0.25, -0.2) is 0 Å². The quantitative estimate of drug-likeness (QED) is 0.708. The second kappa shape index (κ2) is 8.03. The third-order valence-electron chi connectivity index (χ3n) is 4.93. The average Bonchev–Trinajstić information content (AvgIpc) is 3.14. The lowest BCUT2D eigenvalue weighted by atomic mass is 10.1. The minimum Gasteiger partial charge on any atom is -0.489 e. The van der Waals surface area contributed by atoms with Crippen LogP contribution in [0.25, 0.3) is 0 Å². The molecule has 0 bridgehead atoms. The van der Waals surface area contributed by atoms with Crippen molar-refractivity contribution in [2.24, 2.45) is 0 Å². The second-order valence-electron chi connectivity index (χ2n) is 6.67. The van der Waals surface area contributed by atoms with Crippen molar-refractivity contribution >= 4 is 5.91 Å². The number of alkyl halides is 3. The number of ether oxygens (including phenoxy) is 1. The van der Waals surface area contributed by atoms with E-state index in [0.717, 1.165) is 31.9 Å². The molecule has 3 rings (SSSR count). The summed E-state index contributed by atoms with van der Waals surface area (Å²) in [5, 5.41) is 0. The number of carbonyl (C=O) groups excluding carboxylic acids is 1. The maximum Gasteiger partial charge on any atom is 0.416 e. The van der Waals surface area contributed by atoms with E-state index in [1.807, 2.05) is 4.90 Å². The summed E-state index contributed by atoms with van der Waals surface area (Å²) in [6.45, 7) is 2.66. The van der Waals surface area contributed by atoms with Gasteiger partial charge in [-0.05, 0) is 49.6 Å². The summed E-state index contributed by atoms with van der Waals surface area (Å²) in [4.78, 5) is 14.5. The molecule has 1 unspecified atom stereocenters. The second-order valence-corrected chi connectivity index (χ2v) is 6.67. The first-order chi connectivity index (χ1) is 12.9. The van der Waals surface area contributed by atoms with E-state index in [1.165, 1.54) is 12.1 Å². The zero-order valence-corrected chi connectivity index (χ0v) is 15.1. The Kier molecular flexibility index (Phi) is 5.73. The SMILES string of the molecule is CCC1CCCN1C(=O)c1ccc(OCc2ccccc2C(F)(F)F)cc1. The summed E-state index contributed by atoms with van der Waals surface area (Å²) in [6.07, 6.45) is -1.43. The molecule has 1 heterocycles. The van der Waals surface area contributed by atoms with Gasteiger partial charge >= 0.3 is 6.18 Å². The molecule has 1 aliphatic heterocycles. The van der Waals surface area contributed by atoms with Crippen LogP contribution in [0.4, 0.5) is 13.2 Å². The molecule has 1 fully saturated rings. The number of carbonyl (C=O) groups is 1. The number of nitrogens with zero attached hydrogens (tertiary/aromatic N) is 1. The predicted molar refractivity (Wildman–Crippen MR) is 96.6 cm³/mol. The van der Waals surface area contributed by atoms with Gasteiger partial charge in [-0.15, -0.1) is 0 Å². The molecule has 1 amide bonds. The third-order valence-corrected chi connectivity index (χ3v) is 4.93. The molecule has 0 spiro atoms.